The lowest BCUT2D eigenvalue weighted by atomic mass is 10.3. The number of rotatable bonds is 5. The highest BCUT2D eigenvalue weighted by Gasteiger charge is 2.15. The summed E-state index contributed by atoms with van der Waals surface area (Å²) in [6.45, 7) is 3.22. The van der Waals surface area contributed by atoms with Crippen LogP contribution in [0.25, 0.3) is 0 Å². The second-order valence-corrected chi connectivity index (χ2v) is 4.86. The summed E-state index contributed by atoms with van der Waals surface area (Å²) in [6, 6.07) is 7.18. The van der Waals surface area contributed by atoms with Gasteiger partial charge in [0.15, 0.2) is 0 Å². The zero-order valence-electron chi connectivity index (χ0n) is 9.81. The van der Waals surface area contributed by atoms with Crippen LogP contribution in [0.2, 0.25) is 5.02 Å². The molecule has 1 unspecified atom stereocenters. The van der Waals surface area contributed by atoms with Crippen LogP contribution < -0.4 is 4.74 Å². The van der Waals surface area contributed by atoms with Crippen molar-refractivity contribution < 1.29 is 9.84 Å². The first-order valence-electron chi connectivity index (χ1n) is 6.03. The minimum atomic E-state index is -0.427. The summed E-state index contributed by atoms with van der Waals surface area (Å²) < 4.78 is 5.50. The van der Waals surface area contributed by atoms with E-state index >= 15 is 0 Å². The van der Waals surface area contributed by atoms with Crippen LogP contribution in [-0.4, -0.2) is 42.4 Å². The highest BCUT2D eigenvalue weighted by Crippen LogP contribution is 2.16. The molecule has 0 radical (unpaired) electrons. The van der Waals surface area contributed by atoms with Crippen molar-refractivity contribution in [1.82, 2.24) is 4.90 Å². The Morgan fingerprint density at radius 3 is 2.53 bits per heavy atom. The first-order chi connectivity index (χ1) is 8.24. The Bertz CT molecular complexity index is 336. The van der Waals surface area contributed by atoms with Crippen molar-refractivity contribution in [3.05, 3.63) is 29.3 Å². The van der Waals surface area contributed by atoms with E-state index in [1.807, 2.05) is 12.1 Å². The van der Waals surface area contributed by atoms with E-state index in [0.717, 1.165) is 18.8 Å². The van der Waals surface area contributed by atoms with Crippen LogP contribution in [0, 0.1) is 0 Å². The van der Waals surface area contributed by atoms with Gasteiger partial charge in [0, 0.05) is 11.6 Å². The van der Waals surface area contributed by atoms with Crippen LogP contribution in [0.3, 0.4) is 0 Å². The van der Waals surface area contributed by atoms with E-state index in [9.17, 15) is 5.11 Å². The number of ether oxygens (including phenoxy) is 1. The largest absolute Gasteiger partial charge is 0.491 e. The van der Waals surface area contributed by atoms with Crippen molar-refractivity contribution >= 4 is 11.6 Å². The van der Waals surface area contributed by atoms with Gasteiger partial charge < -0.3 is 14.7 Å². The fraction of sp³-hybridized carbons (Fsp3) is 0.538. The van der Waals surface area contributed by atoms with E-state index in [1.54, 1.807) is 12.1 Å². The first kappa shape index (κ1) is 12.7. The second-order valence-electron chi connectivity index (χ2n) is 4.43. The summed E-state index contributed by atoms with van der Waals surface area (Å²) in [7, 11) is 0. The SMILES string of the molecule is OC(COc1ccc(Cl)cc1)CN1CCCC1. The lowest BCUT2D eigenvalue weighted by Crippen LogP contribution is -2.33. The summed E-state index contributed by atoms with van der Waals surface area (Å²) >= 11 is 5.78. The van der Waals surface area contributed by atoms with E-state index in [0.29, 0.717) is 18.2 Å². The van der Waals surface area contributed by atoms with Gasteiger partial charge >= 0.3 is 0 Å². The number of β-amino-alcohol motifs (C(OH)–C–C–N with tert-alkyl or cyclic N) is 1. The van der Waals surface area contributed by atoms with Crippen LogP contribution >= 0.6 is 11.6 Å². The van der Waals surface area contributed by atoms with Gasteiger partial charge in [-0.2, -0.15) is 0 Å². The van der Waals surface area contributed by atoms with Crippen LogP contribution in [0.15, 0.2) is 24.3 Å². The number of hydrogen-bond donors (Lipinski definition) is 1. The van der Waals surface area contributed by atoms with Gasteiger partial charge in [-0.1, -0.05) is 11.6 Å². The average molecular weight is 256 g/mol. The van der Waals surface area contributed by atoms with Gasteiger partial charge in [0.2, 0.25) is 0 Å². The Labute approximate surface area is 107 Å². The predicted octanol–water partition coefficient (Wildman–Crippen LogP) is 2.18. The highest BCUT2D eigenvalue weighted by atomic mass is 35.5. The molecule has 1 N–H and O–H groups in total. The molecule has 0 aromatic heterocycles. The number of aliphatic hydroxyl groups is 1. The molecule has 3 nitrogen and oxygen atoms in total. The van der Waals surface area contributed by atoms with Crippen molar-refractivity contribution in [2.45, 2.75) is 18.9 Å². The maximum absolute atomic E-state index is 9.83. The molecule has 2 rings (SSSR count). The summed E-state index contributed by atoms with van der Waals surface area (Å²) in [5.41, 5.74) is 0. The molecule has 0 spiro atoms. The molecule has 1 aliphatic rings. The third-order valence-electron chi connectivity index (χ3n) is 2.92. The summed E-state index contributed by atoms with van der Waals surface area (Å²) in [6.07, 6.45) is 2.05. The van der Waals surface area contributed by atoms with Crippen LogP contribution in [0.5, 0.6) is 5.75 Å². The van der Waals surface area contributed by atoms with Gasteiger partial charge in [-0.05, 0) is 50.2 Å². The van der Waals surface area contributed by atoms with Gasteiger partial charge in [-0.3, -0.25) is 0 Å². The minimum Gasteiger partial charge on any atom is -0.491 e. The van der Waals surface area contributed by atoms with Gasteiger partial charge in [0.25, 0.3) is 0 Å². The number of nitrogens with zero attached hydrogens (tertiary/aromatic N) is 1. The first-order valence-corrected chi connectivity index (χ1v) is 6.40. The molecular formula is C13H18ClNO2. The van der Waals surface area contributed by atoms with Gasteiger partial charge in [0.05, 0.1) is 0 Å². The quantitative estimate of drug-likeness (QED) is 0.875. The topological polar surface area (TPSA) is 32.7 Å². The van der Waals surface area contributed by atoms with Gasteiger partial charge in [0.1, 0.15) is 18.5 Å². The second kappa shape index (κ2) is 6.24. The highest BCUT2D eigenvalue weighted by molar-refractivity contribution is 6.30. The molecule has 0 aliphatic carbocycles. The number of hydrogen-bond acceptors (Lipinski definition) is 3. The minimum absolute atomic E-state index is 0.331. The Kier molecular flexibility index (Phi) is 4.66. The number of halogens is 1. The normalized spacial score (nSPS) is 18.2. The van der Waals surface area contributed by atoms with Crippen molar-refractivity contribution in [3.8, 4) is 5.75 Å². The molecule has 1 fully saturated rings. The molecule has 1 aromatic carbocycles. The van der Waals surface area contributed by atoms with Crippen molar-refractivity contribution in [1.29, 1.82) is 0 Å². The molecule has 1 saturated heterocycles. The van der Waals surface area contributed by atoms with Gasteiger partial charge in [-0.15, -0.1) is 0 Å². The lowest BCUT2D eigenvalue weighted by molar-refractivity contribution is 0.0758. The fourth-order valence-electron chi connectivity index (χ4n) is 2.04. The molecule has 0 bridgehead atoms. The molecule has 0 saturated carbocycles. The molecule has 94 valence electrons. The summed E-state index contributed by atoms with van der Waals surface area (Å²) in [5.74, 6) is 0.745. The maximum atomic E-state index is 9.83. The Morgan fingerprint density at radius 1 is 1.24 bits per heavy atom. The zero-order chi connectivity index (χ0) is 12.1. The monoisotopic (exact) mass is 255 g/mol. The van der Waals surface area contributed by atoms with E-state index in [1.165, 1.54) is 12.8 Å². The molecule has 1 aromatic rings. The van der Waals surface area contributed by atoms with E-state index < -0.39 is 6.10 Å². The lowest BCUT2D eigenvalue weighted by Gasteiger charge is -2.19. The summed E-state index contributed by atoms with van der Waals surface area (Å²) in [5, 5.41) is 10.5. The van der Waals surface area contributed by atoms with Crippen molar-refractivity contribution in [2.24, 2.45) is 0 Å². The number of benzene rings is 1. The Hall–Kier alpha value is -0.770. The van der Waals surface area contributed by atoms with Crippen molar-refractivity contribution in [3.63, 3.8) is 0 Å². The smallest absolute Gasteiger partial charge is 0.119 e. The average Bonchev–Trinajstić information content (AvgIpc) is 2.81. The van der Waals surface area contributed by atoms with Crippen LogP contribution in [0.4, 0.5) is 0 Å². The van der Waals surface area contributed by atoms with E-state index in [2.05, 4.69) is 4.90 Å². The molecule has 17 heavy (non-hydrogen) atoms. The standard InChI is InChI=1S/C13H18ClNO2/c14-11-3-5-13(6-4-11)17-10-12(16)9-15-7-1-2-8-15/h3-6,12,16H,1-2,7-10H2. The van der Waals surface area contributed by atoms with Gasteiger partial charge in [-0.25, -0.2) is 0 Å². The predicted molar refractivity (Wildman–Crippen MR) is 68.6 cm³/mol. The third kappa shape index (κ3) is 4.19. The fourth-order valence-corrected chi connectivity index (χ4v) is 2.17. The van der Waals surface area contributed by atoms with Crippen molar-refractivity contribution in [2.75, 3.05) is 26.2 Å². The number of likely N-dealkylation sites (tertiary alicyclic amines) is 1. The molecule has 4 heteroatoms. The third-order valence-corrected chi connectivity index (χ3v) is 3.18. The summed E-state index contributed by atoms with van der Waals surface area (Å²) in [4.78, 5) is 2.27. The molecule has 1 heterocycles. The van der Waals surface area contributed by atoms with E-state index in [4.69, 9.17) is 16.3 Å². The van der Waals surface area contributed by atoms with Crippen LogP contribution in [-0.2, 0) is 0 Å². The molecule has 1 aliphatic heterocycles. The number of aliphatic hydroxyl groups excluding tert-OH is 1. The Balaban J connectivity index is 1.71. The maximum Gasteiger partial charge on any atom is 0.119 e. The van der Waals surface area contributed by atoms with Crippen LogP contribution in [0.1, 0.15) is 12.8 Å². The molecule has 0 amide bonds. The van der Waals surface area contributed by atoms with E-state index in [-0.39, 0.29) is 0 Å². The molecule has 1 atom stereocenters. The molecular weight excluding hydrogens is 238 g/mol. The zero-order valence-corrected chi connectivity index (χ0v) is 10.6. The Morgan fingerprint density at radius 2 is 1.88 bits per heavy atom.